The maximum atomic E-state index is 13.3. The molecule has 1 aromatic heterocycles. The van der Waals surface area contributed by atoms with E-state index in [1.54, 1.807) is 13.8 Å². The van der Waals surface area contributed by atoms with E-state index in [1.165, 1.54) is 31.2 Å². The average molecular weight is 578 g/mol. The number of hydrogen-bond acceptors (Lipinski definition) is 9. The normalized spacial score (nSPS) is 10.9. The summed E-state index contributed by atoms with van der Waals surface area (Å²) >= 11 is 0.750. The molecule has 3 N–H and O–H groups in total. The summed E-state index contributed by atoms with van der Waals surface area (Å²) in [5.74, 6) is -3.12. The lowest BCUT2D eigenvalue weighted by atomic mass is 10.1. The number of rotatable bonds is 9. The molecule has 0 aliphatic heterocycles. The molecule has 3 amide bonds. The Balaban J connectivity index is 1.97. The number of alkyl carbamates (subject to hydrolysis) is 1. The Kier molecular flexibility index (Phi) is 9.37. The number of para-hydroxylation sites is 1. The molecule has 0 saturated heterocycles. The monoisotopic (exact) mass is 577 g/mol. The SMILES string of the molecule is CCOC(=O)NC(=O)c1c(NC(=O)c2ccccc2NS(=O)(=O)c2ccc(F)cc2)sc(C(=O)OCC)c1C. The van der Waals surface area contributed by atoms with E-state index in [2.05, 4.69) is 10.0 Å². The Labute approximate surface area is 227 Å². The molecule has 0 saturated carbocycles. The molecule has 0 radical (unpaired) electrons. The molecule has 0 atom stereocenters. The fraction of sp³-hybridized carbons (Fsp3) is 0.200. The molecule has 0 aliphatic rings. The minimum absolute atomic E-state index is 0.00398. The molecule has 0 spiro atoms. The van der Waals surface area contributed by atoms with Crippen LogP contribution < -0.4 is 15.4 Å². The third-order valence-electron chi connectivity index (χ3n) is 5.09. The number of hydrogen-bond donors (Lipinski definition) is 3. The van der Waals surface area contributed by atoms with Crippen LogP contribution in [0.5, 0.6) is 0 Å². The molecule has 0 unspecified atom stereocenters. The van der Waals surface area contributed by atoms with Crippen molar-refractivity contribution in [1.29, 1.82) is 0 Å². The van der Waals surface area contributed by atoms with Crippen LogP contribution in [0.4, 0.5) is 19.9 Å². The van der Waals surface area contributed by atoms with Gasteiger partial charge in [-0.2, -0.15) is 0 Å². The average Bonchev–Trinajstić information content (AvgIpc) is 3.20. The molecule has 1 heterocycles. The third-order valence-corrected chi connectivity index (χ3v) is 7.66. The maximum Gasteiger partial charge on any atom is 0.414 e. The molecule has 0 aliphatic carbocycles. The number of halogens is 1. The van der Waals surface area contributed by atoms with E-state index in [1.807, 2.05) is 5.32 Å². The summed E-state index contributed by atoms with van der Waals surface area (Å²) in [7, 11) is -4.19. The quantitative estimate of drug-likeness (QED) is 0.318. The number of carbonyl (C=O) groups excluding carboxylic acids is 4. The zero-order valence-electron chi connectivity index (χ0n) is 21.0. The van der Waals surface area contributed by atoms with E-state index in [0.29, 0.717) is 0 Å². The van der Waals surface area contributed by atoms with Crippen molar-refractivity contribution in [2.45, 2.75) is 25.7 Å². The van der Waals surface area contributed by atoms with Gasteiger partial charge in [0.05, 0.1) is 34.9 Å². The predicted octanol–water partition coefficient (Wildman–Crippen LogP) is 4.31. The van der Waals surface area contributed by atoms with Gasteiger partial charge in [-0.1, -0.05) is 12.1 Å². The lowest BCUT2D eigenvalue weighted by Gasteiger charge is -2.13. The van der Waals surface area contributed by atoms with Crippen LogP contribution in [0.15, 0.2) is 53.4 Å². The summed E-state index contributed by atoms with van der Waals surface area (Å²) in [6.45, 7) is 4.66. The smallest absolute Gasteiger partial charge is 0.414 e. The summed E-state index contributed by atoms with van der Waals surface area (Å²) in [6.07, 6.45) is -1.02. The van der Waals surface area contributed by atoms with Gasteiger partial charge in [0.25, 0.3) is 21.8 Å². The molecule has 2 aromatic carbocycles. The topological polar surface area (TPSA) is 157 Å². The van der Waals surface area contributed by atoms with Crippen LogP contribution in [0.2, 0.25) is 0 Å². The number of anilines is 2. The standard InChI is InChI=1S/C25H24FN3O8S2/c1-4-36-24(32)20-14(3)19(22(31)28-25(33)37-5-2)23(38-20)27-21(30)17-8-6-7-9-18(17)29-39(34,35)16-12-10-15(26)11-13-16/h6-13,29H,4-5H2,1-3H3,(H,27,30)(H,28,31,33). The van der Waals surface area contributed by atoms with E-state index < -0.39 is 39.7 Å². The summed E-state index contributed by atoms with van der Waals surface area (Å²) in [4.78, 5) is 50.3. The highest BCUT2D eigenvalue weighted by Gasteiger charge is 2.28. The molecule has 3 rings (SSSR count). The minimum Gasteiger partial charge on any atom is -0.462 e. The van der Waals surface area contributed by atoms with Crippen LogP contribution >= 0.6 is 11.3 Å². The van der Waals surface area contributed by atoms with Crippen LogP contribution in [-0.4, -0.2) is 45.5 Å². The number of thiophene rings is 1. The number of esters is 1. The van der Waals surface area contributed by atoms with Gasteiger partial charge >= 0.3 is 12.1 Å². The number of imide groups is 1. The fourth-order valence-electron chi connectivity index (χ4n) is 3.35. The number of sulfonamides is 1. The summed E-state index contributed by atoms with van der Waals surface area (Å²) < 4.78 is 50.9. The van der Waals surface area contributed by atoms with E-state index in [-0.39, 0.29) is 50.4 Å². The number of ether oxygens (including phenoxy) is 2. The van der Waals surface area contributed by atoms with E-state index in [9.17, 15) is 32.0 Å². The molecule has 3 aromatic rings. The Morgan fingerprint density at radius 1 is 0.923 bits per heavy atom. The van der Waals surface area contributed by atoms with Crippen LogP contribution in [0.3, 0.4) is 0 Å². The Hall–Kier alpha value is -4.30. The Bertz CT molecular complexity index is 1520. The van der Waals surface area contributed by atoms with Gasteiger partial charge in [0.15, 0.2) is 0 Å². The second kappa shape index (κ2) is 12.5. The maximum absolute atomic E-state index is 13.3. The van der Waals surface area contributed by atoms with Crippen molar-refractivity contribution < 1.29 is 41.5 Å². The van der Waals surface area contributed by atoms with Crippen molar-refractivity contribution in [2.75, 3.05) is 23.3 Å². The van der Waals surface area contributed by atoms with Gasteiger partial charge in [-0.25, -0.2) is 22.4 Å². The van der Waals surface area contributed by atoms with E-state index in [4.69, 9.17) is 9.47 Å². The molecular formula is C25H24FN3O8S2. The highest BCUT2D eigenvalue weighted by molar-refractivity contribution is 7.92. The summed E-state index contributed by atoms with van der Waals surface area (Å²) in [6, 6.07) is 9.76. The van der Waals surface area contributed by atoms with Crippen molar-refractivity contribution >= 4 is 55.9 Å². The second-order valence-electron chi connectivity index (χ2n) is 7.71. The van der Waals surface area contributed by atoms with Gasteiger partial charge in [0.1, 0.15) is 15.7 Å². The Morgan fingerprint density at radius 3 is 2.21 bits per heavy atom. The van der Waals surface area contributed by atoms with Crippen molar-refractivity contribution in [3.8, 4) is 0 Å². The van der Waals surface area contributed by atoms with Crippen molar-refractivity contribution in [3.63, 3.8) is 0 Å². The first kappa shape index (κ1) is 29.3. The van der Waals surface area contributed by atoms with Crippen LogP contribution in [-0.2, 0) is 19.5 Å². The van der Waals surface area contributed by atoms with Gasteiger partial charge in [-0.05, 0) is 62.7 Å². The highest BCUT2D eigenvalue weighted by atomic mass is 32.2. The summed E-state index contributed by atoms with van der Waals surface area (Å²) in [5, 5.41) is 4.46. The first-order chi connectivity index (χ1) is 18.5. The van der Waals surface area contributed by atoms with Gasteiger partial charge in [0.2, 0.25) is 0 Å². The molecule has 39 heavy (non-hydrogen) atoms. The zero-order valence-corrected chi connectivity index (χ0v) is 22.6. The van der Waals surface area contributed by atoms with Crippen molar-refractivity contribution in [3.05, 3.63) is 75.9 Å². The second-order valence-corrected chi connectivity index (χ2v) is 10.4. The number of amides is 3. The first-order valence-electron chi connectivity index (χ1n) is 11.5. The lowest BCUT2D eigenvalue weighted by molar-refractivity contribution is 0.0531. The Morgan fingerprint density at radius 2 is 1.56 bits per heavy atom. The number of nitrogens with one attached hydrogen (secondary N) is 3. The zero-order chi connectivity index (χ0) is 28.7. The first-order valence-corrected chi connectivity index (χ1v) is 13.8. The molecule has 0 fully saturated rings. The van der Waals surface area contributed by atoms with Gasteiger partial charge in [-0.3, -0.25) is 19.6 Å². The van der Waals surface area contributed by atoms with Gasteiger partial charge in [-0.15, -0.1) is 11.3 Å². The summed E-state index contributed by atoms with van der Waals surface area (Å²) in [5.41, 5.74) is -0.242. The molecular weight excluding hydrogens is 553 g/mol. The predicted molar refractivity (Wildman–Crippen MR) is 141 cm³/mol. The van der Waals surface area contributed by atoms with Crippen LogP contribution in [0.1, 0.15) is 49.8 Å². The molecule has 14 heteroatoms. The van der Waals surface area contributed by atoms with Crippen molar-refractivity contribution in [2.24, 2.45) is 0 Å². The number of carbonyl (C=O) groups is 4. The van der Waals surface area contributed by atoms with Crippen LogP contribution in [0.25, 0.3) is 0 Å². The van der Waals surface area contributed by atoms with E-state index in [0.717, 1.165) is 35.6 Å². The fourth-order valence-corrected chi connectivity index (χ4v) is 5.52. The molecule has 0 bridgehead atoms. The van der Waals surface area contributed by atoms with Gasteiger partial charge < -0.3 is 14.8 Å². The molecule has 206 valence electrons. The number of benzene rings is 2. The van der Waals surface area contributed by atoms with Crippen molar-refractivity contribution in [1.82, 2.24) is 5.32 Å². The van der Waals surface area contributed by atoms with Gasteiger partial charge in [0, 0.05) is 0 Å². The third kappa shape index (κ3) is 6.97. The molecule has 11 nitrogen and oxygen atoms in total. The van der Waals surface area contributed by atoms with Crippen LogP contribution in [0, 0.1) is 12.7 Å². The highest BCUT2D eigenvalue weighted by Crippen LogP contribution is 2.34. The largest absolute Gasteiger partial charge is 0.462 e. The minimum atomic E-state index is -4.19. The van der Waals surface area contributed by atoms with E-state index >= 15 is 0 Å². The lowest BCUT2D eigenvalue weighted by Crippen LogP contribution is -2.32.